The van der Waals surface area contributed by atoms with Gasteiger partial charge in [0.1, 0.15) is 0 Å². The average molecular weight is 343 g/mol. The average Bonchev–Trinajstić information content (AvgIpc) is 3.07. The van der Waals surface area contributed by atoms with E-state index in [9.17, 15) is 18.0 Å². The molecular weight excluding hydrogens is 323 g/mol. The number of rotatable bonds is 7. The number of aromatic nitrogens is 4. The van der Waals surface area contributed by atoms with Crippen molar-refractivity contribution in [3.05, 3.63) is 35.4 Å². The second-order valence-corrected chi connectivity index (χ2v) is 5.63. The Hall–Kier alpha value is -2.32. The standard InChI is InChI=1S/C15H20F3N5O/c1-11-9-20-22(10-11)6-3-5-19-14(24)4-7-23-12(2)8-13(21-23)15(16,17)18/h8-10H,3-7H2,1-2H3,(H,19,24). The molecule has 0 aromatic carbocycles. The maximum Gasteiger partial charge on any atom is 0.435 e. The van der Waals surface area contributed by atoms with Crippen LogP contribution in [0.15, 0.2) is 18.5 Å². The number of nitrogens with one attached hydrogen (secondary N) is 1. The van der Waals surface area contributed by atoms with Crippen LogP contribution in [0.3, 0.4) is 0 Å². The number of carbonyl (C=O) groups excluding carboxylic acids is 1. The quantitative estimate of drug-likeness (QED) is 0.785. The zero-order valence-corrected chi connectivity index (χ0v) is 13.6. The molecule has 0 saturated heterocycles. The lowest BCUT2D eigenvalue weighted by Crippen LogP contribution is -2.26. The van der Waals surface area contributed by atoms with Gasteiger partial charge in [-0.3, -0.25) is 14.2 Å². The van der Waals surface area contributed by atoms with Gasteiger partial charge in [0.2, 0.25) is 5.91 Å². The largest absolute Gasteiger partial charge is 0.435 e. The summed E-state index contributed by atoms with van der Waals surface area (Å²) in [5.74, 6) is -0.213. The maximum atomic E-state index is 12.6. The minimum Gasteiger partial charge on any atom is -0.356 e. The summed E-state index contributed by atoms with van der Waals surface area (Å²) in [6, 6.07) is 0.976. The number of hydrogen-bond acceptors (Lipinski definition) is 3. The van der Waals surface area contributed by atoms with E-state index >= 15 is 0 Å². The molecule has 0 aliphatic carbocycles. The van der Waals surface area contributed by atoms with Crippen LogP contribution in [0.25, 0.3) is 0 Å². The van der Waals surface area contributed by atoms with Gasteiger partial charge in [-0.15, -0.1) is 0 Å². The highest BCUT2D eigenvalue weighted by molar-refractivity contribution is 5.75. The van der Waals surface area contributed by atoms with Gasteiger partial charge in [0.15, 0.2) is 5.69 Å². The van der Waals surface area contributed by atoms with Crippen LogP contribution >= 0.6 is 0 Å². The van der Waals surface area contributed by atoms with Crippen molar-refractivity contribution in [3.8, 4) is 0 Å². The van der Waals surface area contributed by atoms with Crippen molar-refractivity contribution in [1.82, 2.24) is 24.9 Å². The first-order valence-corrected chi connectivity index (χ1v) is 7.63. The molecule has 24 heavy (non-hydrogen) atoms. The first-order chi connectivity index (χ1) is 11.3. The zero-order valence-electron chi connectivity index (χ0n) is 13.6. The van der Waals surface area contributed by atoms with Crippen LogP contribution in [0, 0.1) is 13.8 Å². The monoisotopic (exact) mass is 343 g/mol. The van der Waals surface area contributed by atoms with Crippen LogP contribution in [0.2, 0.25) is 0 Å². The van der Waals surface area contributed by atoms with Gasteiger partial charge in [-0.2, -0.15) is 23.4 Å². The van der Waals surface area contributed by atoms with Gasteiger partial charge in [-0.25, -0.2) is 0 Å². The van der Waals surface area contributed by atoms with Crippen molar-refractivity contribution in [2.45, 2.75) is 46.0 Å². The van der Waals surface area contributed by atoms with E-state index in [1.165, 1.54) is 11.6 Å². The molecule has 2 aromatic rings. The van der Waals surface area contributed by atoms with Crippen molar-refractivity contribution in [3.63, 3.8) is 0 Å². The van der Waals surface area contributed by atoms with E-state index < -0.39 is 11.9 Å². The van der Waals surface area contributed by atoms with E-state index in [1.807, 2.05) is 13.1 Å². The molecule has 0 aliphatic heterocycles. The third-order valence-electron chi connectivity index (χ3n) is 3.47. The molecule has 2 aromatic heterocycles. The molecule has 2 rings (SSSR count). The predicted molar refractivity (Wildman–Crippen MR) is 81.2 cm³/mol. The molecule has 0 fully saturated rings. The van der Waals surface area contributed by atoms with Crippen LogP contribution < -0.4 is 5.32 Å². The number of carbonyl (C=O) groups is 1. The van der Waals surface area contributed by atoms with E-state index in [0.717, 1.165) is 18.1 Å². The third kappa shape index (κ3) is 5.10. The molecule has 0 radical (unpaired) electrons. The number of halogens is 3. The normalized spacial score (nSPS) is 11.7. The van der Waals surface area contributed by atoms with Gasteiger partial charge in [-0.1, -0.05) is 0 Å². The molecule has 0 atom stereocenters. The summed E-state index contributed by atoms with van der Waals surface area (Å²) in [7, 11) is 0. The first kappa shape index (κ1) is 18.0. The van der Waals surface area contributed by atoms with E-state index in [1.54, 1.807) is 10.9 Å². The molecular formula is C15H20F3N5O. The fourth-order valence-corrected chi connectivity index (χ4v) is 2.23. The fraction of sp³-hybridized carbons (Fsp3) is 0.533. The Morgan fingerprint density at radius 1 is 1.29 bits per heavy atom. The van der Waals surface area contributed by atoms with Gasteiger partial charge in [0.05, 0.1) is 6.20 Å². The minimum atomic E-state index is -4.47. The van der Waals surface area contributed by atoms with Gasteiger partial charge in [0.25, 0.3) is 0 Å². The molecule has 9 heteroatoms. The molecule has 6 nitrogen and oxygen atoms in total. The lowest BCUT2D eigenvalue weighted by Gasteiger charge is -2.07. The highest BCUT2D eigenvalue weighted by Gasteiger charge is 2.34. The third-order valence-corrected chi connectivity index (χ3v) is 3.47. The lowest BCUT2D eigenvalue weighted by molar-refractivity contribution is -0.141. The SMILES string of the molecule is Cc1cnn(CCCNC(=O)CCn2nc(C(F)(F)F)cc2C)c1. The molecule has 132 valence electrons. The van der Waals surface area contributed by atoms with Crippen LogP contribution in [0.5, 0.6) is 0 Å². The molecule has 0 saturated carbocycles. The number of alkyl halides is 3. The van der Waals surface area contributed by atoms with Crippen LogP contribution in [0.1, 0.15) is 29.8 Å². The Morgan fingerprint density at radius 3 is 2.62 bits per heavy atom. The van der Waals surface area contributed by atoms with Crippen molar-refractivity contribution in [2.24, 2.45) is 0 Å². The minimum absolute atomic E-state index is 0.0840. The highest BCUT2D eigenvalue weighted by Crippen LogP contribution is 2.28. The van der Waals surface area contributed by atoms with E-state index in [-0.39, 0.29) is 18.9 Å². The molecule has 1 amide bonds. The van der Waals surface area contributed by atoms with Gasteiger partial charge in [0, 0.05) is 37.9 Å². The van der Waals surface area contributed by atoms with Gasteiger partial charge >= 0.3 is 6.18 Å². The second kappa shape index (κ2) is 7.50. The van der Waals surface area contributed by atoms with Gasteiger partial charge in [-0.05, 0) is 31.9 Å². The summed E-state index contributed by atoms with van der Waals surface area (Å²) in [4.78, 5) is 11.7. The van der Waals surface area contributed by atoms with Crippen LogP contribution in [-0.4, -0.2) is 32.0 Å². The molecule has 2 heterocycles. The van der Waals surface area contributed by atoms with E-state index in [0.29, 0.717) is 18.8 Å². The molecule has 0 unspecified atom stereocenters. The molecule has 0 aliphatic rings. The summed E-state index contributed by atoms with van der Waals surface area (Å²) < 4.78 is 40.7. The summed E-state index contributed by atoms with van der Waals surface area (Å²) in [5.41, 5.74) is 0.519. The smallest absolute Gasteiger partial charge is 0.356 e. The Morgan fingerprint density at radius 2 is 2.04 bits per heavy atom. The Bertz CT molecular complexity index is 690. The van der Waals surface area contributed by atoms with Crippen molar-refractivity contribution >= 4 is 5.91 Å². The number of hydrogen-bond donors (Lipinski definition) is 1. The van der Waals surface area contributed by atoms with E-state index in [2.05, 4.69) is 15.5 Å². The molecule has 0 bridgehead atoms. The number of nitrogens with zero attached hydrogens (tertiary/aromatic N) is 4. The summed E-state index contributed by atoms with van der Waals surface area (Å²) in [5, 5.41) is 10.4. The molecule has 0 spiro atoms. The highest BCUT2D eigenvalue weighted by atomic mass is 19.4. The maximum absolute atomic E-state index is 12.6. The van der Waals surface area contributed by atoms with Crippen molar-refractivity contribution in [1.29, 1.82) is 0 Å². The molecule has 1 N–H and O–H groups in total. The first-order valence-electron chi connectivity index (χ1n) is 7.63. The summed E-state index contributed by atoms with van der Waals surface area (Å²) in [6.45, 7) is 4.79. The number of amides is 1. The predicted octanol–water partition coefficient (Wildman–Crippen LogP) is 2.31. The fourth-order valence-electron chi connectivity index (χ4n) is 2.23. The second-order valence-electron chi connectivity index (χ2n) is 5.63. The van der Waals surface area contributed by atoms with Crippen LogP contribution in [0.4, 0.5) is 13.2 Å². The van der Waals surface area contributed by atoms with E-state index in [4.69, 9.17) is 0 Å². The van der Waals surface area contributed by atoms with Gasteiger partial charge < -0.3 is 5.32 Å². The lowest BCUT2D eigenvalue weighted by atomic mass is 10.3. The Kier molecular flexibility index (Phi) is 5.63. The summed E-state index contributed by atoms with van der Waals surface area (Å²) >= 11 is 0. The Labute approximate surface area is 137 Å². The van der Waals surface area contributed by atoms with Crippen molar-refractivity contribution in [2.75, 3.05) is 6.54 Å². The number of aryl methyl sites for hydroxylation is 4. The topological polar surface area (TPSA) is 64.7 Å². The summed E-state index contributed by atoms with van der Waals surface area (Å²) in [6.07, 6.45) is 0.0243. The zero-order chi connectivity index (χ0) is 17.7. The van der Waals surface area contributed by atoms with Crippen molar-refractivity contribution < 1.29 is 18.0 Å². The van der Waals surface area contributed by atoms with Crippen LogP contribution in [-0.2, 0) is 24.1 Å². The Balaban J connectivity index is 1.70.